The number of hydrogen-bond acceptors (Lipinski definition) is 2. The zero-order valence-electron chi connectivity index (χ0n) is 30.8. The van der Waals surface area contributed by atoms with Gasteiger partial charge in [0.2, 0.25) is 0 Å². The van der Waals surface area contributed by atoms with E-state index in [0.717, 1.165) is 35.5 Å². The molecule has 0 fully saturated rings. The summed E-state index contributed by atoms with van der Waals surface area (Å²) >= 11 is 0. The SMILES string of the molecule is C1=CC(c2ccccc2)Cc2c1n(-c1cc(-c3ccccc3)nc(-c3ccccc3)n1)c1cc(-c3ccccc3)c3c(c21)-c1cc(-c2ccccc2)ccc1C3. The number of hydrogen-bond donors (Lipinski definition) is 0. The van der Waals surface area contributed by atoms with Crippen molar-refractivity contribution >= 4 is 17.0 Å². The lowest BCUT2D eigenvalue weighted by Crippen LogP contribution is -2.09. The van der Waals surface area contributed by atoms with Gasteiger partial charge in [-0.05, 0) is 86.7 Å². The van der Waals surface area contributed by atoms with Crippen molar-refractivity contribution in [2.24, 2.45) is 0 Å². The van der Waals surface area contributed by atoms with Gasteiger partial charge in [-0.15, -0.1) is 0 Å². The second-order valence-corrected chi connectivity index (χ2v) is 14.9. The highest BCUT2D eigenvalue weighted by atomic mass is 15.1. The summed E-state index contributed by atoms with van der Waals surface area (Å²) in [5.41, 5.74) is 18.4. The smallest absolute Gasteiger partial charge is 0.162 e. The summed E-state index contributed by atoms with van der Waals surface area (Å²) in [5.74, 6) is 1.83. The molecule has 2 aliphatic carbocycles. The second-order valence-electron chi connectivity index (χ2n) is 14.9. The van der Waals surface area contributed by atoms with Gasteiger partial charge in [-0.2, -0.15) is 0 Å². The average molecular weight is 716 g/mol. The number of nitrogens with zero attached hydrogens (tertiary/aromatic N) is 3. The molecule has 1 atom stereocenters. The van der Waals surface area contributed by atoms with Crippen LogP contribution in [-0.4, -0.2) is 14.5 Å². The highest BCUT2D eigenvalue weighted by Gasteiger charge is 2.32. The van der Waals surface area contributed by atoms with Crippen molar-refractivity contribution in [2.45, 2.75) is 18.8 Å². The fourth-order valence-corrected chi connectivity index (χ4v) is 8.98. The predicted molar refractivity (Wildman–Crippen MR) is 231 cm³/mol. The van der Waals surface area contributed by atoms with Crippen molar-refractivity contribution < 1.29 is 0 Å². The molecule has 0 spiro atoms. The van der Waals surface area contributed by atoms with Gasteiger partial charge in [-0.3, -0.25) is 4.57 Å². The zero-order valence-corrected chi connectivity index (χ0v) is 30.8. The largest absolute Gasteiger partial charge is 0.294 e. The van der Waals surface area contributed by atoms with Crippen molar-refractivity contribution in [1.82, 2.24) is 14.5 Å². The minimum atomic E-state index is 0.258. The van der Waals surface area contributed by atoms with Gasteiger partial charge in [0.15, 0.2) is 5.82 Å². The molecule has 9 aromatic rings. The van der Waals surface area contributed by atoms with Gasteiger partial charge in [0.25, 0.3) is 0 Å². The number of allylic oxidation sites excluding steroid dienone is 1. The number of fused-ring (bicyclic) bond motifs is 7. The van der Waals surface area contributed by atoms with Crippen LogP contribution in [0, 0.1) is 0 Å². The Kier molecular flexibility index (Phi) is 7.70. The number of rotatable bonds is 6. The van der Waals surface area contributed by atoms with Crippen LogP contribution in [0.1, 0.15) is 33.9 Å². The summed E-state index contributed by atoms with van der Waals surface area (Å²) in [5, 5.41) is 1.32. The first-order valence-corrected chi connectivity index (χ1v) is 19.5. The standard InChI is InChI=1S/C53H37N3/c1-6-16-35(17-7-1)40-26-27-42-32-45-43(37-20-10-3-11-21-37)33-49-52(51(45)44(42)30-40)46-31-41(36-18-8-2-9-19-36)28-29-48(46)56(49)50-34-47(38-22-12-4-13-23-38)54-53(55-50)39-24-14-5-15-25-39/h1-30,33-34,41H,31-32H2. The molecule has 3 heteroatoms. The molecule has 0 amide bonds. The maximum atomic E-state index is 5.42. The Morgan fingerprint density at radius 1 is 0.500 bits per heavy atom. The molecule has 0 radical (unpaired) electrons. The lowest BCUT2D eigenvalue weighted by atomic mass is 9.84. The van der Waals surface area contributed by atoms with E-state index in [-0.39, 0.29) is 5.92 Å². The Hall–Kier alpha value is -7.10. The van der Waals surface area contributed by atoms with Gasteiger partial charge < -0.3 is 0 Å². The van der Waals surface area contributed by atoms with E-state index in [1.54, 1.807) is 0 Å². The van der Waals surface area contributed by atoms with Crippen LogP contribution in [0.5, 0.6) is 0 Å². The Bertz CT molecular complexity index is 2870. The van der Waals surface area contributed by atoms with Gasteiger partial charge in [0, 0.05) is 28.5 Å². The van der Waals surface area contributed by atoms with Crippen LogP contribution >= 0.6 is 0 Å². The molecule has 2 aliphatic rings. The van der Waals surface area contributed by atoms with Crippen LogP contribution in [0.3, 0.4) is 0 Å². The van der Waals surface area contributed by atoms with E-state index in [1.807, 2.05) is 6.07 Å². The summed E-state index contributed by atoms with van der Waals surface area (Å²) in [6.45, 7) is 0. The number of benzene rings is 7. The molecule has 2 aromatic heterocycles. The second kappa shape index (κ2) is 13.3. The molecule has 56 heavy (non-hydrogen) atoms. The molecule has 11 rings (SSSR count). The first-order chi connectivity index (χ1) is 27.8. The topological polar surface area (TPSA) is 30.7 Å². The third-order valence-corrected chi connectivity index (χ3v) is 11.6. The van der Waals surface area contributed by atoms with Gasteiger partial charge >= 0.3 is 0 Å². The molecule has 7 aromatic carbocycles. The molecule has 0 saturated carbocycles. The van der Waals surface area contributed by atoms with E-state index in [2.05, 4.69) is 193 Å². The molecule has 2 heterocycles. The summed E-state index contributed by atoms with van der Waals surface area (Å²) in [6.07, 6.45) is 6.53. The van der Waals surface area contributed by atoms with E-state index in [4.69, 9.17) is 9.97 Å². The zero-order chi connectivity index (χ0) is 37.0. The molecule has 264 valence electrons. The highest BCUT2D eigenvalue weighted by molar-refractivity contribution is 6.09. The average Bonchev–Trinajstić information content (AvgIpc) is 3.82. The Morgan fingerprint density at radius 2 is 1.12 bits per heavy atom. The molecule has 1 unspecified atom stereocenters. The van der Waals surface area contributed by atoms with Crippen molar-refractivity contribution in [3.05, 3.63) is 216 Å². The summed E-state index contributed by atoms with van der Waals surface area (Å²) in [7, 11) is 0. The van der Waals surface area contributed by atoms with Gasteiger partial charge in [-0.25, -0.2) is 9.97 Å². The van der Waals surface area contributed by atoms with Gasteiger partial charge in [0.1, 0.15) is 5.82 Å². The van der Waals surface area contributed by atoms with Crippen LogP contribution in [0.15, 0.2) is 188 Å². The minimum absolute atomic E-state index is 0.258. The maximum Gasteiger partial charge on any atom is 0.162 e. The lowest BCUT2D eigenvalue weighted by molar-refractivity contribution is 0.823. The molecule has 0 saturated heterocycles. The third-order valence-electron chi connectivity index (χ3n) is 11.6. The lowest BCUT2D eigenvalue weighted by Gasteiger charge is -2.20. The summed E-state index contributed by atoms with van der Waals surface area (Å²) in [6, 6.07) is 65.2. The molecule has 3 nitrogen and oxygen atoms in total. The quantitative estimate of drug-likeness (QED) is 0.172. The van der Waals surface area contributed by atoms with Crippen molar-refractivity contribution in [1.29, 1.82) is 0 Å². The van der Waals surface area contributed by atoms with Crippen molar-refractivity contribution in [3.63, 3.8) is 0 Å². The van der Waals surface area contributed by atoms with E-state index >= 15 is 0 Å². The molecule has 0 N–H and O–H groups in total. The van der Waals surface area contributed by atoms with E-state index < -0.39 is 0 Å². The highest BCUT2D eigenvalue weighted by Crippen LogP contribution is 2.51. The van der Waals surface area contributed by atoms with E-state index in [9.17, 15) is 0 Å². The van der Waals surface area contributed by atoms with Crippen LogP contribution < -0.4 is 0 Å². The molecule has 0 aliphatic heterocycles. The number of aromatic nitrogens is 3. The fourth-order valence-electron chi connectivity index (χ4n) is 8.98. The fraction of sp³-hybridized carbons (Fsp3) is 0.0566. The van der Waals surface area contributed by atoms with Crippen molar-refractivity contribution in [2.75, 3.05) is 0 Å². The Labute approximate surface area is 326 Å². The maximum absolute atomic E-state index is 5.42. The van der Waals surface area contributed by atoms with Crippen LogP contribution in [0.25, 0.3) is 78.8 Å². The minimum Gasteiger partial charge on any atom is -0.294 e. The monoisotopic (exact) mass is 715 g/mol. The normalized spacial score (nSPS) is 14.0. The summed E-state index contributed by atoms with van der Waals surface area (Å²) in [4.78, 5) is 10.6. The van der Waals surface area contributed by atoms with E-state index in [1.165, 1.54) is 72.2 Å². The Morgan fingerprint density at radius 3 is 1.82 bits per heavy atom. The predicted octanol–water partition coefficient (Wildman–Crippen LogP) is 13.0. The Balaban J connectivity index is 1.25. The van der Waals surface area contributed by atoms with Crippen LogP contribution in [-0.2, 0) is 12.8 Å². The van der Waals surface area contributed by atoms with Crippen molar-refractivity contribution in [3.8, 4) is 61.8 Å². The summed E-state index contributed by atoms with van der Waals surface area (Å²) < 4.78 is 2.43. The first-order valence-electron chi connectivity index (χ1n) is 19.5. The molecular formula is C53H37N3. The van der Waals surface area contributed by atoms with Gasteiger partial charge in [0.05, 0.1) is 16.9 Å². The first kappa shape index (κ1) is 32.3. The molecular weight excluding hydrogens is 679 g/mol. The van der Waals surface area contributed by atoms with Gasteiger partial charge in [-0.1, -0.05) is 170 Å². The van der Waals surface area contributed by atoms with Crippen LogP contribution in [0.4, 0.5) is 0 Å². The molecule has 0 bridgehead atoms. The van der Waals surface area contributed by atoms with E-state index in [0.29, 0.717) is 5.82 Å². The van der Waals surface area contributed by atoms with Crippen LogP contribution in [0.2, 0.25) is 0 Å². The third kappa shape index (κ3) is 5.43.